The molecule has 26 heavy (non-hydrogen) atoms. The fourth-order valence-corrected chi connectivity index (χ4v) is 3.49. The van der Waals surface area contributed by atoms with Gasteiger partial charge in [-0.3, -0.25) is 4.79 Å². The summed E-state index contributed by atoms with van der Waals surface area (Å²) in [4.78, 5) is 18.9. The summed E-state index contributed by atoms with van der Waals surface area (Å²) >= 11 is 0. The average molecular weight is 356 g/mol. The van der Waals surface area contributed by atoms with E-state index in [0.29, 0.717) is 18.2 Å². The van der Waals surface area contributed by atoms with E-state index in [1.807, 2.05) is 44.2 Å². The van der Waals surface area contributed by atoms with E-state index in [-0.39, 0.29) is 11.9 Å². The molecular formula is C20H28N4O2. The molecular weight excluding hydrogens is 328 g/mol. The lowest BCUT2D eigenvalue weighted by Crippen LogP contribution is -2.37. The van der Waals surface area contributed by atoms with E-state index in [0.717, 1.165) is 50.3 Å². The molecule has 140 valence electrons. The Hall–Kier alpha value is -2.21. The largest absolute Gasteiger partial charge is 0.350 e. The minimum atomic E-state index is 0.0489. The number of carbonyl (C=O) groups excluding carboxylic acids is 1. The summed E-state index contributed by atoms with van der Waals surface area (Å²) in [5.41, 5.74) is 1.14. The van der Waals surface area contributed by atoms with Crippen LogP contribution in [0, 0.1) is 12.8 Å². The molecule has 1 amide bonds. The highest BCUT2D eigenvalue weighted by Crippen LogP contribution is 2.21. The zero-order chi connectivity index (χ0) is 18.4. The number of rotatable bonds is 7. The molecule has 0 spiro atoms. The Labute approximate surface area is 155 Å². The van der Waals surface area contributed by atoms with Crippen molar-refractivity contribution in [2.75, 3.05) is 19.6 Å². The van der Waals surface area contributed by atoms with Crippen molar-refractivity contribution in [2.45, 2.75) is 45.6 Å². The predicted octanol–water partition coefficient (Wildman–Crippen LogP) is 2.90. The minimum Gasteiger partial charge on any atom is -0.350 e. The van der Waals surface area contributed by atoms with Crippen LogP contribution in [0.1, 0.15) is 49.5 Å². The smallest absolute Gasteiger partial charge is 0.223 e. The van der Waals surface area contributed by atoms with Gasteiger partial charge in [0.2, 0.25) is 11.8 Å². The lowest BCUT2D eigenvalue weighted by molar-refractivity contribution is -0.122. The van der Waals surface area contributed by atoms with Gasteiger partial charge in [0.25, 0.3) is 0 Å². The van der Waals surface area contributed by atoms with Gasteiger partial charge in [0, 0.05) is 26.3 Å². The van der Waals surface area contributed by atoms with E-state index >= 15 is 0 Å². The van der Waals surface area contributed by atoms with Crippen molar-refractivity contribution in [1.82, 2.24) is 20.4 Å². The van der Waals surface area contributed by atoms with Crippen LogP contribution in [0.15, 0.2) is 34.9 Å². The quantitative estimate of drug-likeness (QED) is 0.826. The van der Waals surface area contributed by atoms with E-state index in [4.69, 9.17) is 4.52 Å². The van der Waals surface area contributed by atoms with Gasteiger partial charge in [0.05, 0.1) is 6.04 Å². The molecule has 6 nitrogen and oxygen atoms in total. The summed E-state index contributed by atoms with van der Waals surface area (Å²) in [6.45, 7) is 6.73. The van der Waals surface area contributed by atoms with Crippen LogP contribution >= 0.6 is 0 Å². The Kier molecular flexibility index (Phi) is 6.39. The van der Waals surface area contributed by atoms with Crippen molar-refractivity contribution in [3.63, 3.8) is 0 Å². The Bertz CT molecular complexity index is 693. The van der Waals surface area contributed by atoms with Gasteiger partial charge in [-0.05, 0) is 44.3 Å². The van der Waals surface area contributed by atoms with Crippen molar-refractivity contribution < 1.29 is 9.32 Å². The fourth-order valence-electron chi connectivity index (χ4n) is 3.49. The summed E-state index contributed by atoms with van der Waals surface area (Å²) < 4.78 is 5.04. The molecule has 1 aliphatic heterocycles. The highest BCUT2D eigenvalue weighted by molar-refractivity contribution is 5.76. The maximum Gasteiger partial charge on any atom is 0.223 e. The summed E-state index contributed by atoms with van der Waals surface area (Å²) in [7, 11) is 0. The van der Waals surface area contributed by atoms with Gasteiger partial charge >= 0.3 is 0 Å². The second-order valence-electron chi connectivity index (χ2n) is 7.17. The number of piperidine rings is 1. The third-order valence-electron chi connectivity index (χ3n) is 5.08. The Morgan fingerprint density at radius 3 is 2.69 bits per heavy atom. The molecule has 0 radical (unpaired) electrons. The molecule has 1 aromatic heterocycles. The molecule has 6 heteroatoms. The van der Waals surface area contributed by atoms with Gasteiger partial charge < -0.3 is 14.7 Å². The average Bonchev–Trinajstić information content (AvgIpc) is 3.06. The van der Waals surface area contributed by atoms with Crippen molar-refractivity contribution in [3.8, 4) is 0 Å². The Morgan fingerprint density at radius 1 is 1.31 bits per heavy atom. The second-order valence-corrected chi connectivity index (χ2v) is 7.17. The molecule has 1 fully saturated rings. The van der Waals surface area contributed by atoms with Gasteiger partial charge in [-0.1, -0.05) is 35.5 Å². The number of amides is 1. The summed E-state index contributed by atoms with van der Waals surface area (Å²) in [6, 6.07) is 10.1. The summed E-state index contributed by atoms with van der Waals surface area (Å²) in [5, 5.41) is 7.08. The SMILES string of the molecule is Cc1nc(CC2CCN(CCC(=O)N[C@@H](C)c3ccccc3)CC2)no1. The minimum absolute atomic E-state index is 0.0489. The molecule has 0 aliphatic carbocycles. The van der Waals surface area contributed by atoms with Crippen LogP contribution in [0.5, 0.6) is 0 Å². The van der Waals surface area contributed by atoms with Crippen LogP contribution in [0.2, 0.25) is 0 Å². The Morgan fingerprint density at radius 2 is 2.04 bits per heavy atom. The van der Waals surface area contributed by atoms with E-state index in [2.05, 4.69) is 20.4 Å². The molecule has 2 aromatic rings. The van der Waals surface area contributed by atoms with Crippen LogP contribution in [0.3, 0.4) is 0 Å². The highest BCUT2D eigenvalue weighted by Gasteiger charge is 2.21. The van der Waals surface area contributed by atoms with Crippen molar-refractivity contribution in [3.05, 3.63) is 47.6 Å². The van der Waals surface area contributed by atoms with E-state index in [1.165, 1.54) is 0 Å². The number of benzene rings is 1. The van der Waals surface area contributed by atoms with Gasteiger partial charge in [-0.25, -0.2) is 0 Å². The molecule has 2 heterocycles. The summed E-state index contributed by atoms with van der Waals surface area (Å²) in [5.74, 6) is 2.17. The molecule has 1 saturated heterocycles. The molecule has 1 aromatic carbocycles. The second kappa shape index (κ2) is 8.94. The topological polar surface area (TPSA) is 71.3 Å². The number of aryl methyl sites for hydroxylation is 1. The number of nitrogens with one attached hydrogen (secondary N) is 1. The van der Waals surface area contributed by atoms with Crippen molar-refractivity contribution >= 4 is 5.91 Å². The molecule has 3 rings (SSSR count). The lowest BCUT2D eigenvalue weighted by atomic mass is 9.93. The van der Waals surface area contributed by atoms with E-state index < -0.39 is 0 Å². The predicted molar refractivity (Wildman–Crippen MR) is 99.5 cm³/mol. The third kappa shape index (κ3) is 5.39. The van der Waals surface area contributed by atoms with Crippen LogP contribution in [0.25, 0.3) is 0 Å². The standard InChI is InChI=1S/C20H28N4O2/c1-15(18-6-4-3-5-7-18)21-20(25)10-13-24-11-8-17(9-12-24)14-19-22-16(2)26-23-19/h3-7,15,17H,8-14H2,1-2H3,(H,21,25)/t15-/m0/s1. The number of hydrogen-bond acceptors (Lipinski definition) is 5. The first-order valence-electron chi connectivity index (χ1n) is 9.46. The Balaban J connectivity index is 1.35. The van der Waals surface area contributed by atoms with Gasteiger partial charge in [-0.15, -0.1) is 0 Å². The number of carbonyl (C=O) groups is 1. The van der Waals surface area contributed by atoms with Crippen molar-refractivity contribution in [1.29, 1.82) is 0 Å². The lowest BCUT2D eigenvalue weighted by Gasteiger charge is -2.31. The normalized spacial score (nSPS) is 17.2. The zero-order valence-corrected chi connectivity index (χ0v) is 15.6. The maximum absolute atomic E-state index is 12.2. The van der Waals surface area contributed by atoms with Crippen LogP contribution < -0.4 is 5.32 Å². The van der Waals surface area contributed by atoms with Gasteiger partial charge in [0.15, 0.2) is 5.82 Å². The van der Waals surface area contributed by atoms with Crippen LogP contribution in [-0.4, -0.2) is 40.6 Å². The highest BCUT2D eigenvalue weighted by atomic mass is 16.5. The number of hydrogen-bond donors (Lipinski definition) is 1. The van der Waals surface area contributed by atoms with Gasteiger partial charge in [-0.2, -0.15) is 4.98 Å². The van der Waals surface area contributed by atoms with E-state index in [9.17, 15) is 4.79 Å². The summed E-state index contributed by atoms with van der Waals surface area (Å²) in [6.07, 6.45) is 3.68. The molecule has 0 bridgehead atoms. The maximum atomic E-state index is 12.2. The number of aromatic nitrogens is 2. The van der Waals surface area contributed by atoms with Gasteiger partial charge in [0.1, 0.15) is 0 Å². The first kappa shape index (κ1) is 18.6. The zero-order valence-electron chi connectivity index (χ0n) is 15.6. The number of likely N-dealkylation sites (tertiary alicyclic amines) is 1. The first-order valence-corrected chi connectivity index (χ1v) is 9.46. The first-order chi connectivity index (χ1) is 12.6. The van der Waals surface area contributed by atoms with E-state index in [1.54, 1.807) is 0 Å². The molecule has 1 aliphatic rings. The molecule has 0 saturated carbocycles. The monoisotopic (exact) mass is 356 g/mol. The molecule has 1 atom stereocenters. The molecule has 0 unspecified atom stereocenters. The third-order valence-corrected chi connectivity index (χ3v) is 5.08. The van der Waals surface area contributed by atoms with Crippen LogP contribution in [0.4, 0.5) is 0 Å². The fraction of sp³-hybridized carbons (Fsp3) is 0.550. The van der Waals surface area contributed by atoms with Crippen molar-refractivity contribution in [2.24, 2.45) is 5.92 Å². The van der Waals surface area contributed by atoms with Crippen LogP contribution in [-0.2, 0) is 11.2 Å². The molecule has 1 N–H and O–H groups in total. The number of nitrogens with zero attached hydrogens (tertiary/aromatic N) is 3.